The Labute approximate surface area is 140 Å². The summed E-state index contributed by atoms with van der Waals surface area (Å²) in [4.78, 5) is 0. The third kappa shape index (κ3) is 5.00. The lowest BCUT2D eigenvalue weighted by atomic mass is 9.62. The second-order valence-electron chi connectivity index (χ2n) is 8.72. The molecule has 0 aromatic heterocycles. The Hall–Kier alpha value is 0. The average molecular weight is 307 g/mol. The summed E-state index contributed by atoms with van der Waals surface area (Å²) < 4.78 is 0. The molecule has 2 fully saturated rings. The highest BCUT2D eigenvalue weighted by Crippen LogP contribution is 2.49. The molecule has 0 heteroatoms. The van der Waals surface area contributed by atoms with E-state index in [-0.39, 0.29) is 0 Å². The van der Waals surface area contributed by atoms with E-state index in [2.05, 4.69) is 20.8 Å². The minimum Gasteiger partial charge on any atom is -0.0654 e. The zero-order valence-electron chi connectivity index (χ0n) is 15.8. The fraction of sp³-hybridized carbons (Fsp3) is 1.00. The summed E-state index contributed by atoms with van der Waals surface area (Å²) >= 11 is 0. The maximum atomic E-state index is 2.45. The van der Waals surface area contributed by atoms with Crippen molar-refractivity contribution < 1.29 is 0 Å². The highest BCUT2D eigenvalue weighted by atomic mass is 14.4. The topological polar surface area (TPSA) is 0 Å². The highest BCUT2D eigenvalue weighted by molar-refractivity contribution is 4.88. The van der Waals surface area contributed by atoms with Crippen LogP contribution in [0.2, 0.25) is 0 Å². The van der Waals surface area contributed by atoms with Gasteiger partial charge in [-0.05, 0) is 68.1 Å². The van der Waals surface area contributed by atoms with E-state index in [4.69, 9.17) is 0 Å². The van der Waals surface area contributed by atoms with Crippen LogP contribution in [0.1, 0.15) is 117 Å². The molecule has 0 radical (unpaired) electrons. The van der Waals surface area contributed by atoms with Gasteiger partial charge in [-0.2, -0.15) is 0 Å². The molecule has 0 nitrogen and oxygen atoms in total. The Morgan fingerprint density at radius 3 is 1.86 bits per heavy atom. The second kappa shape index (κ2) is 9.33. The monoisotopic (exact) mass is 306 g/mol. The van der Waals surface area contributed by atoms with Gasteiger partial charge in [0.05, 0.1) is 0 Å². The Bertz CT molecular complexity index is 276. The van der Waals surface area contributed by atoms with Crippen molar-refractivity contribution in [2.75, 3.05) is 0 Å². The van der Waals surface area contributed by atoms with Gasteiger partial charge in [-0.3, -0.25) is 0 Å². The lowest BCUT2D eigenvalue weighted by Gasteiger charge is -2.44. The molecule has 0 unspecified atom stereocenters. The Balaban J connectivity index is 1.73. The molecule has 2 aliphatic rings. The Morgan fingerprint density at radius 2 is 1.32 bits per heavy atom. The smallest absolute Gasteiger partial charge is 0.0300 e. The normalized spacial score (nSPS) is 36.4. The summed E-state index contributed by atoms with van der Waals surface area (Å²) in [7, 11) is 0. The first-order valence-corrected chi connectivity index (χ1v) is 10.7. The van der Waals surface area contributed by atoms with Crippen LogP contribution < -0.4 is 0 Å². The lowest BCUT2D eigenvalue weighted by molar-refractivity contribution is 0.0801. The van der Waals surface area contributed by atoms with Crippen molar-refractivity contribution in [1.82, 2.24) is 0 Å². The van der Waals surface area contributed by atoms with E-state index in [1.165, 1.54) is 44.9 Å². The first-order chi connectivity index (χ1) is 10.7. The summed E-state index contributed by atoms with van der Waals surface area (Å²) in [5.41, 5.74) is 0.741. The maximum absolute atomic E-state index is 2.45. The van der Waals surface area contributed by atoms with Crippen molar-refractivity contribution in [1.29, 1.82) is 0 Å². The molecule has 2 aliphatic carbocycles. The number of unbranched alkanes of at least 4 members (excludes halogenated alkanes) is 2. The molecule has 0 atom stereocenters. The third-order valence-electron chi connectivity index (χ3n) is 7.43. The first kappa shape index (κ1) is 18.3. The minimum absolute atomic E-state index is 0.741. The zero-order chi connectivity index (χ0) is 15.8. The van der Waals surface area contributed by atoms with Crippen LogP contribution in [0.4, 0.5) is 0 Å². The van der Waals surface area contributed by atoms with Gasteiger partial charge in [-0.25, -0.2) is 0 Å². The van der Waals surface area contributed by atoms with Crippen LogP contribution in [0, 0.1) is 23.2 Å². The summed E-state index contributed by atoms with van der Waals surface area (Å²) in [5.74, 6) is 3.27. The number of rotatable bonds is 8. The van der Waals surface area contributed by atoms with E-state index in [1.807, 2.05) is 0 Å². The molecule has 0 amide bonds. The Morgan fingerprint density at radius 1 is 0.727 bits per heavy atom. The molecular weight excluding hydrogens is 264 g/mol. The maximum Gasteiger partial charge on any atom is -0.0300 e. The van der Waals surface area contributed by atoms with Gasteiger partial charge in [0.25, 0.3) is 0 Å². The molecular formula is C22H42. The van der Waals surface area contributed by atoms with E-state index >= 15 is 0 Å². The second-order valence-corrected chi connectivity index (χ2v) is 8.72. The first-order valence-electron chi connectivity index (χ1n) is 10.7. The summed E-state index contributed by atoms with van der Waals surface area (Å²) in [5, 5.41) is 0. The largest absolute Gasteiger partial charge is 0.0654 e. The zero-order valence-corrected chi connectivity index (χ0v) is 15.8. The molecule has 0 spiro atoms. The molecule has 0 aromatic carbocycles. The van der Waals surface area contributed by atoms with Gasteiger partial charge in [-0.1, -0.05) is 72.1 Å². The Kier molecular flexibility index (Phi) is 7.78. The van der Waals surface area contributed by atoms with Crippen molar-refractivity contribution in [3.05, 3.63) is 0 Å². The van der Waals surface area contributed by atoms with Gasteiger partial charge < -0.3 is 0 Å². The van der Waals surface area contributed by atoms with Crippen LogP contribution in [-0.2, 0) is 0 Å². The molecule has 2 saturated carbocycles. The fourth-order valence-electron chi connectivity index (χ4n) is 5.50. The van der Waals surface area contributed by atoms with Crippen molar-refractivity contribution in [2.24, 2.45) is 23.2 Å². The molecule has 0 aromatic rings. The summed E-state index contributed by atoms with van der Waals surface area (Å²) in [6.45, 7) is 7.15. The van der Waals surface area contributed by atoms with Crippen LogP contribution >= 0.6 is 0 Å². The number of hydrogen-bond donors (Lipinski definition) is 0. The lowest BCUT2D eigenvalue weighted by Crippen LogP contribution is -2.31. The van der Waals surface area contributed by atoms with Gasteiger partial charge >= 0.3 is 0 Å². The number of hydrogen-bond acceptors (Lipinski definition) is 0. The highest BCUT2D eigenvalue weighted by Gasteiger charge is 2.36. The van der Waals surface area contributed by atoms with E-state index in [1.54, 1.807) is 51.4 Å². The fourth-order valence-corrected chi connectivity index (χ4v) is 5.50. The predicted molar refractivity (Wildman–Crippen MR) is 99.2 cm³/mol. The molecule has 130 valence electrons. The van der Waals surface area contributed by atoms with Crippen LogP contribution in [0.5, 0.6) is 0 Å². The van der Waals surface area contributed by atoms with Gasteiger partial charge in [0.15, 0.2) is 0 Å². The van der Waals surface area contributed by atoms with Crippen molar-refractivity contribution in [3.8, 4) is 0 Å². The summed E-state index contributed by atoms with van der Waals surface area (Å²) in [6, 6.07) is 0. The van der Waals surface area contributed by atoms with E-state index in [0.29, 0.717) is 0 Å². The van der Waals surface area contributed by atoms with Gasteiger partial charge in [0.2, 0.25) is 0 Å². The van der Waals surface area contributed by atoms with Crippen molar-refractivity contribution in [2.45, 2.75) is 117 Å². The van der Waals surface area contributed by atoms with Crippen molar-refractivity contribution in [3.63, 3.8) is 0 Å². The van der Waals surface area contributed by atoms with Crippen LogP contribution in [0.25, 0.3) is 0 Å². The van der Waals surface area contributed by atoms with Crippen LogP contribution in [0.3, 0.4) is 0 Å². The summed E-state index contributed by atoms with van der Waals surface area (Å²) in [6.07, 6.45) is 22.6. The van der Waals surface area contributed by atoms with E-state index < -0.39 is 0 Å². The predicted octanol–water partition coefficient (Wildman–Crippen LogP) is 7.76. The molecule has 2 rings (SSSR count). The quantitative estimate of drug-likeness (QED) is 0.430. The average Bonchev–Trinajstić information content (AvgIpc) is 2.59. The standard InChI is InChI=1S/C22H42/c1-4-7-9-19-10-12-20(13-11-19)21-14-17-22(6-3,18-15-21)16-8-5-2/h19-21H,4-18H2,1-3H3. The molecule has 0 N–H and O–H groups in total. The van der Waals surface area contributed by atoms with Gasteiger partial charge in [0, 0.05) is 0 Å². The van der Waals surface area contributed by atoms with Crippen LogP contribution in [0.15, 0.2) is 0 Å². The molecule has 0 bridgehead atoms. The van der Waals surface area contributed by atoms with Crippen molar-refractivity contribution >= 4 is 0 Å². The minimum atomic E-state index is 0.741. The SMILES string of the molecule is CCCCC1CCC(C2CCC(CC)(CCCC)CC2)CC1. The third-order valence-corrected chi connectivity index (χ3v) is 7.43. The van der Waals surface area contributed by atoms with Crippen LogP contribution in [-0.4, -0.2) is 0 Å². The van der Waals surface area contributed by atoms with E-state index in [0.717, 1.165) is 23.2 Å². The molecule has 0 heterocycles. The van der Waals surface area contributed by atoms with Gasteiger partial charge in [0.1, 0.15) is 0 Å². The van der Waals surface area contributed by atoms with Gasteiger partial charge in [-0.15, -0.1) is 0 Å². The molecule has 0 aliphatic heterocycles. The molecule has 0 saturated heterocycles. The molecule has 22 heavy (non-hydrogen) atoms. The van der Waals surface area contributed by atoms with E-state index in [9.17, 15) is 0 Å².